The number of thioether (sulfide) groups is 1. The zero-order chi connectivity index (χ0) is 13.2. The normalized spacial score (nSPS) is 11.4. The number of nitrogens with two attached hydrogens (primary N) is 1. The average molecular weight is 265 g/mol. The summed E-state index contributed by atoms with van der Waals surface area (Å²) in [6.07, 6.45) is 1.91. The predicted molar refractivity (Wildman–Crippen MR) is 78.2 cm³/mol. The molecule has 0 radical (unpaired) electrons. The minimum atomic E-state index is 0.135. The van der Waals surface area contributed by atoms with Gasteiger partial charge >= 0.3 is 0 Å². The number of nitrogens with one attached hydrogen (secondary N) is 1. The predicted octanol–water partition coefficient (Wildman–Crippen LogP) is 1.79. The van der Waals surface area contributed by atoms with Gasteiger partial charge in [0, 0.05) is 30.2 Å². The van der Waals surface area contributed by atoms with Gasteiger partial charge in [-0.3, -0.25) is 0 Å². The van der Waals surface area contributed by atoms with E-state index in [9.17, 15) is 0 Å². The molecule has 0 aromatic heterocycles. The number of hydrogen-bond donors (Lipinski definition) is 3. The third-order valence-electron chi connectivity index (χ3n) is 2.35. The lowest BCUT2D eigenvalue weighted by Gasteiger charge is -2.05. The number of nitrogens with zero attached hydrogens (tertiary/aromatic N) is 1. The van der Waals surface area contributed by atoms with Gasteiger partial charge in [0.15, 0.2) is 5.84 Å². The maximum Gasteiger partial charge on any atom is 0.170 e. The van der Waals surface area contributed by atoms with E-state index in [2.05, 4.69) is 17.1 Å². The Morgan fingerprint density at radius 3 is 2.78 bits per heavy atom. The van der Waals surface area contributed by atoms with Crippen molar-refractivity contribution in [2.45, 2.75) is 6.54 Å². The van der Waals surface area contributed by atoms with Crippen LogP contribution in [0, 0.1) is 0 Å². The molecule has 0 aliphatic rings. The number of oxime groups is 1. The Morgan fingerprint density at radius 2 is 2.17 bits per heavy atom. The molecule has 0 saturated carbocycles. The molecule has 0 aliphatic carbocycles. The van der Waals surface area contributed by atoms with Gasteiger partial charge in [0.05, 0.1) is 0 Å². The van der Waals surface area contributed by atoms with Crippen molar-refractivity contribution in [1.29, 1.82) is 0 Å². The van der Waals surface area contributed by atoms with Crippen LogP contribution in [0.4, 0.5) is 0 Å². The third kappa shape index (κ3) is 5.25. The van der Waals surface area contributed by atoms with Crippen LogP contribution in [-0.4, -0.2) is 29.1 Å². The maximum absolute atomic E-state index is 8.54. The summed E-state index contributed by atoms with van der Waals surface area (Å²) >= 11 is 1.86. The Labute approximate surface area is 112 Å². The van der Waals surface area contributed by atoms with Crippen molar-refractivity contribution in [2.75, 3.05) is 18.1 Å². The van der Waals surface area contributed by atoms with Crippen molar-refractivity contribution in [1.82, 2.24) is 5.32 Å². The van der Waals surface area contributed by atoms with E-state index in [-0.39, 0.29) is 5.84 Å². The molecule has 1 rings (SSSR count). The van der Waals surface area contributed by atoms with Crippen molar-refractivity contribution in [3.8, 4) is 0 Å². The van der Waals surface area contributed by atoms with Crippen LogP contribution in [0.25, 0.3) is 0 Å². The standard InChI is InChI=1S/C13H19N3OS/c1-2-8-18-9-7-15-10-11-3-5-12(6-4-11)13(14)16-17/h2-6,15,17H,1,7-10H2,(H2,14,16). The topological polar surface area (TPSA) is 70.6 Å². The second-order valence-electron chi connectivity index (χ2n) is 3.72. The average Bonchev–Trinajstić information content (AvgIpc) is 2.42. The van der Waals surface area contributed by atoms with Gasteiger partial charge in [0.25, 0.3) is 0 Å². The van der Waals surface area contributed by atoms with Crippen molar-refractivity contribution < 1.29 is 5.21 Å². The first-order valence-electron chi connectivity index (χ1n) is 5.74. The van der Waals surface area contributed by atoms with E-state index in [0.717, 1.165) is 30.2 Å². The highest BCUT2D eigenvalue weighted by molar-refractivity contribution is 7.99. The van der Waals surface area contributed by atoms with E-state index in [1.54, 1.807) is 0 Å². The number of amidine groups is 1. The van der Waals surface area contributed by atoms with Crippen LogP contribution in [0.5, 0.6) is 0 Å². The zero-order valence-electron chi connectivity index (χ0n) is 10.3. The molecule has 5 heteroatoms. The van der Waals surface area contributed by atoms with Crippen molar-refractivity contribution in [3.05, 3.63) is 48.0 Å². The molecular formula is C13H19N3OS. The molecule has 0 saturated heterocycles. The van der Waals surface area contributed by atoms with E-state index in [4.69, 9.17) is 10.9 Å². The molecule has 18 heavy (non-hydrogen) atoms. The summed E-state index contributed by atoms with van der Waals surface area (Å²) in [5.74, 6) is 2.21. The summed E-state index contributed by atoms with van der Waals surface area (Å²) in [5, 5.41) is 14.9. The Kier molecular flexibility index (Phi) is 6.98. The minimum Gasteiger partial charge on any atom is -0.409 e. The summed E-state index contributed by atoms with van der Waals surface area (Å²) in [6.45, 7) is 5.47. The first kappa shape index (κ1) is 14.6. The minimum absolute atomic E-state index is 0.135. The summed E-state index contributed by atoms with van der Waals surface area (Å²) < 4.78 is 0. The van der Waals surface area contributed by atoms with Gasteiger partial charge in [-0.25, -0.2) is 0 Å². The molecule has 4 N–H and O–H groups in total. The second kappa shape index (κ2) is 8.60. The first-order chi connectivity index (χ1) is 8.77. The number of rotatable bonds is 8. The third-order valence-corrected chi connectivity index (χ3v) is 3.31. The van der Waals surface area contributed by atoms with Crippen molar-refractivity contribution >= 4 is 17.6 Å². The number of benzene rings is 1. The Hall–Kier alpha value is -1.46. The van der Waals surface area contributed by atoms with Gasteiger partial charge in [-0.1, -0.05) is 35.5 Å². The molecule has 4 nitrogen and oxygen atoms in total. The zero-order valence-corrected chi connectivity index (χ0v) is 11.1. The molecule has 98 valence electrons. The molecular weight excluding hydrogens is 246 g/mol. The molecule has 1 aromatic rings. The summed E-state index contributed by atoms with van der Waals surface area (Å²) in [7, 11) is 0. The highest BCUT2D eigenvalue weighted by atomic mass is 32.2. The van der Waals surface area contributed by atoms with Crippen LogP contribution in [-0.2, 0) is 6.54 Å². The van der Waals surface area contributed by atoms with E-state index in [1.807, 2.05) is 42.1 Å². The molecule has 0 fully saturated rings. The van der Waals surface area contributed by atoms with E-state index in [0.29, 0.717) is 0 Å². The molecule has 0 aliphatic heterocycles. The Balaban J connectivity index is 2.29. The van der Waals surface area contributed by atoms with Crippen LogP contribution in [0.15, 0.2) is 42.1 Å². The van der Waals surface area contributed by atoms with Gasteiger partial charge in [0.1, 0.15) is 0 Å². The lowest BCUT2D eigenvalue weighted by molar-refractivity contribution is 0.318. The molecule has 0 amide bonds. The molecule has 0 unspecified atom stereocenters. The fraction of sp³-hybridized carbons (Fsp3) is 0.308. The second-order valence-corrected chi connectivity index (χ2v) is 4.87. The monoisotopic (exact) mass is 265 g/mol. The fourth-order valence-corrected chi connectivity index (χ4v) is 2.02. The quantitative estimate of drug-likeness (QED) is 0.167. The van der Waals surface area contributed by atoms with Gasteiger partial charge in [-0.2, -0.15) is 11.8 Å². The van der Waals surface area contributed by atoms with Crippen LogP contribution in [0.2, 0.25) is 0 Å². The van der Waals surface area contributed by atoms with Gasteiger partial charge < -0.3 is 16.3 Å². The van der Waals surface area contributed by atoms with Crippen LogP contribution >= 0.6 is 11.8 Å². The largest absolute Gasteiger partial charge is 0.409 e. The fourth-order valence-electron chi connectivity index (χ4n) is 1.39. The summed E-state index contributed by atoms with van der Waals surface area (Å²) in [4.78, 5) is 0. The van der Waals surface area contributed by atoms with Crippen LogP contribution < -0.4 is 11.1 Å². The lowest BCUT2D eigenvalue weighted by atomic mass is 10.1. The van der Waals surface area contributed by atoms with Crippen LogP contribution in [0.3, 0.4) is 0 Å². The van der Waals surface area contributed by atoms with Crippen LogP contribution in [0.1, 0.15) is 11.1 Å². The van der Waals surface area contributed by atoms with E-state index < -0.39 is 0 Å². The molecule has 0 bridgehead atoms. The highest BCUT2D eigenvalue weighted by Gasteiger charge is 1.98. The molecule has 0 atom stereocenters. The smallest absolute Gasteiger partial charge is 0.170 e. The Morgan fingerprint density at radius 1 is 1.44 bits per heavy atom. The first-order valence-corrected chi connectivity index (χ1v) is 6.89. The molecule has 0 heterocycles. The highest BCUT2D eigenvalue weighted by Crippen LogP contribution is 2.04. The number of hydrogen-bond acceptors (Lipinski definition) is 4. The van der Waals surface area contributed by atoms with Gasteiger partial charge in [-0.15, -0.1) is 6.58 Å². The van der Waals surface area contributed by atoms with E-state index in [1.165, 1.54) is 5.56 Å². The van der Waals surface area contributed by atoms with Gasteiger partial charge in [0.2, 0.25) is 0 Å². The van der Waals surface area contributed by atoms with Crippen molar-refractivity contribution in [2.24, 2.45) is 10.9 Å². The summed E-state index contributed by atoms with van der Waals surface area (Å²) in [5.41, 5.74) is 7.39. The lowest BCUT2D eigenvalue weighted by Crippen LogP contribution is -2.17. The van der Waals surface area contributed by atoms with Gasteiger partial charge in [-0.05, 0) is 5.56 Å². The van der Waals surface area contributed by atoms with E-state index >= 15 is 0 Å². The summed E-state index contributed by atoms with van der Waals surface area (Å²) in [6, 6.07) is 7.63. The maximum atomic E-state index is 8.54. The molecule has 1 aromatic carbocycles. The van der Waals surface area contributed by atoms with Crippen molar-refractivity contribution in [3.63, 3.8) is 0 Å². The molecule has 0 spiro atoms. The Bertz CT molecular complexity index is 390. The SMILES string of the molecule is C=CCSCCNCc1ccc(/C(N)=N\O)cc1.